The van der Waals surface area contributed by atoms with E-state index in [2.05, 4.69) is 4.98 Å². The molecule has 0 aromatic carbocycles. The van der Waals surface area contributed by atoms with Gasteiger partial charge in [-0.1, -0.05) is 0 Å². The number of ether oxygens (including phenoxy) is 2. The van der Waals surface area contributed by atoms with E-state index in [0.717, 1.165) is 39.0 Å². The summed E-state index contributed by atoms with van der Waals surface area (Å²) in [6.07, 6.45) is 6.33. The van der Waals surface area contributed by atoms with Crippen molar-refractivity contribution in [2.24, 2.45) is 5.92 Å². The maximum Gasteiger partial charge on any atom is 0.254 e. The van der Waals surface area contributed by atoms with Gasteiger partial charge in [0, 0.05) is 38.2 Å². The summed E-state index contributed by atoms with van der Waals surface area (Å²) in [5.74, 6) is 0.638. The Hall–Kier alpha value is -1.46. The zero-order valence-electron chi connectivity index (χ0n) is 12.5. The van der Waals surface area contributed by atoms with Crippen molar-refractivity contribution >= 4 is 5.91 Å². The molecule has 0 radical (unpaired) electrons. The predicted molar refractivity (Wildman–Crippen MR) is 78.0 cm³/mol. The van der Waals surface area contributed by atoms with Crippen LogP contribution in [0.1, 0.15) is 29.6 Å². The van der Waals surface area contributed by atoms with Gasteiger partial charge >= 0.3 is 0 Å². The Morgan fingerprint density at radius 1 is 1.52 bits per heavy atom. The van der Waals surface area contributed by atoms with Gasteiger partial charge in [0.1, 0.15) is 0 Å². The summed E-state index contributed by atoms with van der Waals surface area (Å²) in [5, 5.41) is 0. The Bertz CT molecular complexity index is 494. The van der Waals surface area contributed by atoms with Crippen LogP contribution in [0.25, 0.3) is 0 Å². The average molecular weight is 290 g/mol. The van der Waals surface area contributed by atoms with Crippen molar-refractivity contribution in [3.8, 4) is 0 Å². The number of hydrogen-bond donors (Lipinski definition) is 0. The Morgan fingerprint density at radius 3 is 3.10 bits per heavy atom. The fourth-order valence-electron chi connectivity index (χ4n) is 3.39. The van der Waals surface area contributed by atoms with Crippen LogP contribution in [0.15, 0.2) is 24.5 Å². The molecule has 2 saturated heterocycles. The number of methoxy groups -OCH3 is 1. The molecule has 114 valence electrons. The van der Waals surface area contributed by atoms with Crippen molar-refractivity contribution in [3.05, 3.63) is 30.1 Å². The second-order valence-electron chi connectivity index (χ2n) is 6.06. The molecular weight excluding hydrogens is 268 g/mol. The number of carbonyl (C=O) groups is 1. The topological polar surface area (TPSA) is 51.7 Å². The third-order valence-corrected chi connectivity index (χ3v) is 4.55. The number of rotatable bonds is 4. The van der Waals surface area contributed by atoms with Crippen molar-refractivity contribution in [2.45, 2.75) is 24.9 Å². The molecule has 5 nitrogen and oxygen atoms in total. The molecular formula is C16H22N2O3. The van der Waals surface area contributed by atoms with E-state index >= 15 is 0 Å². The molecule has 2 aliphatic heterocycles. The van der Waals surface area contributed by atoms with E-state index < -0.39 is 0 Å². The Kier molecular flexibility index (Phi) is 4.22. The lowest BCUT2D eigenvalue weighted by atomic mass is 9.92. The molecule has 3 heterocycles. The third-order valence-electron chi connectivity index (χ3n) is 4.55. The molecule has 2 unspecified atom stereocenters. The Balaban J connectivity index is 1.60. The van der Waals surface area contributed by atoms with Crippen LogP contribution in [-0.4, -0.2) is 54.8 Å². The van der Waals surface area contributed by atoms with Crippen LogP contribution in [-0.2, 0) is 9.47 Å². The standard InChI is InChI=1S/C16H22N2O3/c1-20-9-4-13-10-16(21-11-13)5-8-18(12-16)15(19)14-2-6-17-7-3-14/h2-3,6-7,13H,4-5,8-12H2,1H3. The van der Waals surface area contributed by atoms with E-state index in [1.165, 1.54) is 0 Å². The van der Waals surface area contributed by atoms with E-state index in [-0.39, 0.29) is 11.5 Å². The summed E-state index contributed by atoms with van der Waals surface area (Å²) < 4.78 is 11.2. The highest BCUT2D eigenvalue weighted by Crippen LogP contribution is 2.39. The number of pyridine rings is 1. The van der Waals surface area contributed by atoms with Crippen LogP contribution >= 0.6 is 0 Å². The predicted octanol–water partition coefficient (Wildman–Crippen LogP) is 1.74. The summed E-state index contributed by atoms with van der Waals surface area (Å²) >= 11 is 0. The highest BCUT2D eigenvalue weighted by Gasteiger charge is 2.46. The van der Waals surface area contributed by atoms with Gasteiger partial charge in [0.05, 0.1) is 18.8 Å². The van der Waals surface area contributed by atoms with E-state index in [9.17, 15) is 4.79 Å². The number of hydrogen-bond acceptors (Lipinski definition) is 4. The van der Waals surface area contributed by atoms with Gasteiger partial charge in [0.15, 0.2) is 0 Å². The van der Waals surface area contributed by atoms with Crippen molar-refractivity contribution < 1.29 is 14.3 Å². The first-order valence-electron chi connectivity index (χ1n) is 7.55. The van der Waals surface area contributed by atoms with E-state index in [1.807, 2.05) is 4.90 Å². The lowest BCUT2D eigenvalue weighted by Crippen LogP contribution is -2.35. The lowest BCUT2D eigenvalue weighted by Gasteiger charge is -2.23. The Labute approximate surface area is 125 Å². The Morgan fingerprint density at radius 2 is 2.33 bits per heavy atom. The first-order valence-corrected chi connectivity index (χ1v) is 7.55. The molecule has 0 saturated carbocycles. The first-order chi connectivity index (χ1) is 10.2. The normalized spacial score (nSPS) is 28.4. The molecule has 1 aromatic rings. The molecule has 1 spiro atoms. The summed E-state index contributed by atoms with van der Waals surface area (Å²) in [7, 11) is 1.73. The molecule has 21 heavy (non-hydrogen) atoms. The van der Waals surface area contributed by atoms with Crippen LogP contribution in [0.4, 0.5) is 0 Å². The van der Waals surface area contributed by atoms with E-state index in [4.69, 9.17) is 9.47 Å². The van der Waals surface area contributed by atoms with Gasteiger partial charge in [-0.05, 0) is 37.3 Å². The second kappa shape index (κ2) is 6.12. The molecule has 0 N–H and O–H groups in total. The average Bonchev–Trinajstić information content (AvgIpc) is 3.13. The van der Waals surface area contributed by atoms with Crippen molar-refractivity contribution in [2.75, 3.05) is 33.4 Å². The largest absolute Gasteiger partial charge is 0.385 e. The van der Waals surface area contributed by atoms with Crippen molar-refractivity contribution in [1.29, 1.82) is 0 Å². The zero-order valence-corrected chi connectivity index (χ0v) is 12.5. The molecule has 0 bridgehead atoms. The van der Waals surface area contributed by atoms with Crippen LogP contribution in [0.2, 0.25) is 0 Å². The highest BCUT2D eigenvalue weighted by molar-refractivity contribution is 5.94. The minimum absolute atomic E-state index is 0.0817. The molecule has 1 aromatic heterocycles. The van der Waals surface area contributed by atoms with Gasteiger partial charge in [-0.2, -0.15) is 0 Å². The minimum Gasteiger partial charge on any atom is -0.385 e. The first kappa shape index (κ1) is 14.5. The molecule has 2 atom stereocenters. The molecule has 2 fully saturated rings. The fourth-order valence-corrected chi connectivity index (χ4v) is 3.39. The number of aromatic nitrogens is 1. The molecule has 0 aliphatic carbocycles. The summed E-state index contributed by atoms with van der Waals surface area (Å²) in [6, 6.07) is 3.54. The van der Waals surface area contributed by atoms with Crippen LogP contribution < -0.4 is 0 Å². The minimum atomic E-state index is -0.124. The molecule has 1 amide bonds. The maximum atomic E-state index is 12.5. The third kappa shape index (κ3) is 3.09. The zero-order chi connectivity index (χ0) is 14.7. The van der Waals surface area contributed by atoms with E-state index in [0.29, 0.717) is 18.0 Å². The summed E-state index contributed by atoms with van der Waals surface area (Å²) in [5.41, 5.74) is 0.581. The smallest absolute Gasteiger partial charge is 0.254 e. The monoisotopic (exact) mass is 290 g/mol. The quantitative estimate of drug-likeness (QED) is 0.847. The number of amides is 1. The molecule has 3 rings (SSSR count). The summed E-state index contributed by atoms with van der Waals surface area (Å²) in [6.45, 7) is 3.06. The maximum absolute atomic E-state index is 12.5. The van der Waals surface area contributed by atoms with Gasteiger partial charge in [-0.3, -0.25) is 9.78 Å². The molecule has 5 heteroatoms. The van der Waals surface area contributed by atoms with Crippen LogP contribution in [0.5, 0.6) is 0 Å². The van der Waals surface area contributed by atoms with Gasteiger partial charge < -0.3 is 14.4 Å². The van der Waals surface area contributed by atoms with Crippen molar-refractivity contribution in [1.82, 2.24) is 9.88 Å². The lowest BCUT2D eigenvalue weighted by molar-refractivity contribution is 0.0113. The second-order valence-corrected chi connectivity index (χ2v) is 6.06. The number of likely N-dealkylation sites (tertiary alicyclic amines) is 1. The number of carbonyl (C=O) groups excluding carboxylic acids is 1. The SMILES string of the molecule is COCCC1COC2(CCN(C(=O)c3ccncc3)C2)C1. The van der Waals surface area contributed by atoms with Gasteiger partial charge in [-0.15, -0.1) is 0 Å². The van der Waals surface area contributed by atoms with Gasteiger partial charge in [0.2, 0.25) is 0 Å². The summed E-state index contributed by atoms with van der Waals surface area (Å²) in [4.78, 5) is 18.3. The fraction of sp³-hybridized carbons (Fsp3) is 0.625. The van der Waals surface area contributed by atoms with Crippen LogP contribution in [0.3, 0.4) is 0 Å². The highest BCUT2D eigenvalue weighted by atomic mass is 16.5. The van der Waals surface area contributed by atoms with Crippen LogP contribution in [0, 0.1) is 5.92 Å². The van der Waals surface area contributed by atoms with Crippen molar-refractivity contribution in [3.63, 3.8) is 0 Å². The molecule has 2 aliphatic rings. The van der Waals surface area contributed by atoms with Gasteiger partial charge in [0.25, 0.3) is 5.91 Å². The van der Waals surface area contributed by atoms with Gasteiger partial charge in [-0.25, -0.2) is 0 Å². The number of nitrogens with zero attached hydrogens (tertiary/aromatic N) is 2. The van der Waals surface area contributed by atoms with E-state index in [1.54, 1.807) is 31.6 Å².